The van der Waals surface area contributed by atoms with Crippen molar-refractivity contribution in [2.75, 3.05) is 0 Å². The number of H-pyrrole nitrogens is 1. The number of primary amides is 1. The molecule has 2 aliphatic rings. The van der Waals surface area contributed by atoms with Gasteiger partial charge in [-0.15, -0.1) is 0 Å². The van der Waals surface area contributed by atoms with E-state index in [4.69, 9.17) is 5.73 Å². The number of aromatic amines is 1. The number of rotatable bonds is 3. The zero-order valence-electron chi connectivity index (χ0n) is 17.2. The molecular formula is C22H24F5N3O2. The molecule has 1 unspecified atom stereocenters. The van der Waals surface area contributed by atoms with E-state index in [-0.39, 0.29) is 54.1 Å². The Bertz CT molecular complexity index is 1070. The number of fused-ring (bicyclic) bond motifs is 1. The number of alkyl halides is 5. The fraction of sp³-hybridized carbons (Fsp3) is 0.591. The number of carbonyl (C=O) groups is 1. The SMILES string of the molecule is NC(=O)c1nccc2[nH]c([C@@H]3CC(F)(F)CCC3C3CCC(C(F)(F)F)CC3)cc(=O)c12. The molecule has 2 fully saturated rings. The number of halogens is 5. The summed E-state index contributed by atoms with van der Waals surface area (Å²) < 4.78 is 67.9. The lowest BCUT2D eigenvalue weighted by Gasteiger charge is -2.43. The number of nitrogens with zero attached hydrogens (tertiary/aromatic N) is 1. The van der Waals surface area contributed by atoms with E-state index in [2.05, 4.69) is 9.97 Å². The predicted molar refractivity (Wildman–Crippen MR) is 107 cm³/mol. The van der Waals surface area contributed by atoms with Crippen LogP contribution in [-0.2, 0) is 0 Å². The van der Waals surface area contributed by atoms with Gasteiger partial charge in [0.15, 0.2) is 5.43 Å². The summed E-state index contributed by atoms with van der Waals surface area (Å²) in [6, 6.07) is 2.67. The Morgan fingerprint density at radius 2 is 1.84 bits per heavy atom. The van der Waals surface area contributed by atoms with E-state index in [1.165, 1.54) is 18.3 Å². The van der Waals surface area contributed by atoms with Gasteiger partial charge in [0, 0.05) is 36.7 Å². The lowest BCUT2D eigenvalue weighted by molar-refractivity contribution is -0.185. The molecule has 2 aromatic heterocycles. The van der Waals surface area contributed by atoms with Gasteiger partial charge in [0.05, 0.1) is 16.8 Å². The number of pyridine rings is 2. The van der Waals surface area contributed by atoms with Gasteiger partial charge in [-0.3, -0.25) is 14.6 Å². The van der Waals surface area contributed by atoms with Gasteiger partial charge in [-0.25, -0.2) is 8.78 Å². The summed E-state index contributed by atoms with van der Waals surface area (Å²) in [4.78, 5) is 31.3. The van der Waals surface area contributed by atoms with Crippen molar-refractivity contribution in [1.82, 2.24) is 9.97 Å². The maximum atomic E-state index is 14.4. The van der Waals surface area contributed by atoms with Gasteiger partial charge in [0.25, 0.3) is 5.91 Å². The highest BCUT2D eigenvalue weighted by molar-refractivity contribution is 6.03. The maximum Gasteiger partial charge on any atom is 0.391 e. The number of nitrogens with one attached hydrogen (secondary N) is 1. The molecule has 2 aromatic rings. The van der Waals surface area contributed by atoms with Gasteiger partial charge in [-0.05, 0) is 50.0 Å². The van der Waals surface area contributed by atoms with E-state index in [1.54, 1.807) is 0 Å². The quantitative estimate of drug-likeness (QED) is 0.642. The first-order valence-corrected chi connectivity index (χ1v) is 10.7. The molecule has 1 amide bonds. The van der Waals surface area contributed by atoms with Crippen LogP contribution in [0, 0.1) is 17.8 Å². The zero-order valence-corrected chi connectivity index (χ0v) is 17.2. The molecule has 0 saturated heterocycles. The number of carbonyl (C=O) groups excluding carboxylic acids is 1. The second kappa shape index (κ2) is 8.12. The number of hydrogen-bond donors (Lipinski definition) is 2. The van der Waals surface area contributed by atoms with Gasteiger partial charge in [-0.2, -0.15) is 13.2 Å². The molecule has 2 aliphatic carbocycles. The van der Waals surface area contributed by atoms with E-state index in [9.17, 15) is 31.5 Å². The lowest BCUT2D eigenvalue weighted by atomic mass is 9.65. The fourth-order valence-electron chi connectivity index (χ4n) is 5.54. The first-order valence-electron chi connectivity index (χ1n) is 10.7. The van der Waals surface area contributed by atoms with Crippen LogP contribution in [0.4, 0.5) is 22.0 Å². The Kier molecular flexibility index (Phi) is 5.75. The third-order valence-electron chi connectivity index (χ3n) is 7.11. The molecule has 0 radical (unpaired) electrons. The maximum absolute atomic E-state index is 14.4. The van der Waals surface area contributed by atoms with Crippen LogP contribution < -0.4 is 11.2 Å². The molecule has 0 bridgehead atoms. The highest BCUT2D eigenvalue weighted by Crippen LogP contribution is 2.52. The monoisotopic (exact) mass is 457 g/mol. The number of hydrogen-bond acceptors (Lipinski definition) is 3. The summed E-state index contributed by atoms with van der Waals surface area (Å²) >= 11 is 0. The van der Waals surface area contributed by atoms with Gasteiger partial charge >= 0.3 is 6.18 Å². The van der Waals surface area contributed by atoms with E-state index in [0.29, 0.717) is 18.5 Å². The zero-order chi connectivity index (χ0) is 23.3. The average molecular weight is 457 g/mol. The summed E-state index contributed by atoms with van der Waals surface area (Å²) in [7, 11) is 0. The Morgan fingerprint density at radius 3 is 2.47 bits per heavy atom. The minimum atomic E-state index is -4.24. The molecule has 0 aromatic carbocycles. The minimum absolute atomic E-state index is 0.00430. The third-order valence-corrected chi connectivity index (χ3v) is 7.11. The molecule has 3 N–H and O–H groups in total. The van der Waals surface area contributed by atoms with Crippen molar-refractivity contribution in [3.05, 3.63) is 39.9 Å². The van der Waals surface area contributed by atoms with Crippen LogP contribution in [0.15, 0.2) is 23.1 Å². The van der Waals surface area contributed by atoms with Crippen molar-refractivity contribution in [2.45, 2.75) is 63.0 Å². The molecule has 0 aliphatic heterocycles. The van der Waals surface area contributed by atoms with Gasteiger partial charge < -0.3 is 10.7 Å². The normalized spacial score (nSPS) is 28.5. The Hall–Kier alpha value is -2.52. The van der Waals surface area contributed by atoms with Crippen molar-refractivity contribution in [3.8, 4) is 0 Å². The Balaban J connectivity index is 1.68. The first kappa shape index (κ1) is 22.7. The minimum Gasteiger partial charge on any atom is -0.364 e. The average Bonchev–Trinajstić information content (AvgIpc) is 2.72. The summed E-state index contributed by atoms with van der Waals surface area (Å²) in [5.41, 5.74) is 5.12. The second-order valence-electron chi connectivity index (χ2n) is 9.06. The van der Waals surface area contributed by atoms with Crippen molar-refractivity contribution >= 4 is 16.8 Å². The molecule has 174 valence electrons. The summed E-state index contributed by atoms with van der Waals surface area (Å²) in [5.74, 6) is -6.22. The van der Waals surface area contributed by atoms with Crippen molar-refractivity contribution < 1.29 is 26.7 Å². The molecule has 2 atom stereocenters. The summed E-state index contributed by atoms with van der Waals surface area (Å²) in [5, 5.41) is -0.00597. The van der Waals surface area contributed by atoms with Crippen molar-refractivity contribution in [1.29, 1.82) is 0 Å². The van der Waals surface area contributed by atoms with E-state index in [0.717, 1.165) is 0 Å². The van der Waals surface area contributed by atoms with E-state index in [1.807, 2.05) is 0 Å². The third kappa shape index (κ3) is 4.36. The number of nitrogens with two attached hydrogens (primary N) is 1. The second-order valence-corrected chi connectivity index (χ2v) is 9.06. The van der Waals surface area contributed by atoms with E-state index >= 15 is 0 Å². The molecule has 2 saturated carbocycles. The Morgan fingerprint density at radius 1 is 1.16 bits per heavy atom. The van der Waals surface area contributed by atoms with Gasteiger partial charge in [0.1, 0.15) is 5.69 Å². The van der Waals surface area contributed by atoms with Crippen molar-refractivity contribution in [2.24, 2.45) is 23.5 Å². The fourth-order valence-corrected chi connectivity index (χ4v) is 5.54. The number of aromatic nitrogens is 2. The molecule has 32 heavy (non-hydrogen) atoms. The molecule has 10 heteroatoms. The molecular weight excluding hydrogens is 433 g/mol. The molecule has 5 nitrogen and oxygen atoms in total. The molecule has 4 rings (SSSR count). The lowest BCUT2D eigenvalue weighted by Crippen LogP contribution is -2.38. The van der Waals surface area contributed by atoms with Crippen molar-refractivity contribution in [3.63, 3.8) is 0 Å². The van der Waals surface area contributed by atoms with Crippen LogP contribution in [-0.4, -0.2) is 28.0 Å². The largest absolute Gasteiger partial charge is 0.391 e. The predicted octanol–water partition coefficient (Wildman–Crippen LogP) is 4.91. The van der Waals surface area contributed by atoms with Crippen LogP contribution in [0.3, 0.4) is 0 Å². The van der Waals surface area contributed by atoms with Crippen LogP contribution in [0.5, 0.6) is 0 Å². The highest BCUT2D eigenvalue weighted by atomic mass is 19.4. The first-order chi connectivity index (χ1) is 15.0. The van der Waals surface area contributed by atoms with Crippen LogP contribution in [0.2, 0.25) is 0 Å². The highest BCUT2D eigenvalue weighted by Gasteiger charge is 2.48. The summed E-state index contributed by atoms with van der Waals surface area (Å²) in [6.07, 6.45) is -2.91. The van der Waals surface area contributed by atoms with Crippen LogP contribution >= 0.6 is 0 Å². The van der Waals surface area contributed by atoms with Crippen LogP contribution in [0.25, 0.3) is 10.9 Å². The van der Waals surface area contributed by atoms with Gasteiger partial charge in [-0.1, -0.05) is 0 Å². The standard InChI is InChI=1S/C22H24F5N3O2/c23-21(24)7-5-13(11-1-3-12(4-2-11)22(25,26)27)14(10-21)16-9-17(31)18-15(30-16)6-8-29-19(18)20(28)32/h6,8-9,11-14H,1-5,7,10H2,(H2,28,32)(H,30,31)/t11?,12?,13?,14-/m1/s1. The topological polar surface area (TPSA) is 88.8 Å². The molecule has 0 spiro atoms. The smallest absolute Gasteiger partial charge is 0.364 e. The Labute approximate surface area is 180 Å². The van der Waals surface area contributed by atoms with E-state index < -0.39 is 41.7 Å². The molecule has 2 heterocycles. The van der Waals surface area contributed by atoms with Gasteiger partial charge in [0.2, 0.25) is 5.92 Å². The van der Waals surface area contributed by atoms with Crippen LogP contribution in [0.1, 0.15) is 67.0 Å². The summed E-state index contributed by atoms with van der Waals surface area (Å²) in [6.45, 7) is 0. The number of amides is 1.